The number of hydrogen-bond acceptors (Lipinski definition) is 5. The summed E-state index contributed by atoms with van der Waals surface area (Å²) in [5, 5.41) is 10.6. The molecule has 1 saturated heterocycles. The number of hydrogen-bond donors (Lipinski definition) is 1. The minimum absolute atomic E-state index is 0.0483. The molecule has 0 spiro atoms. The Bertz CT molecular complexity index is 686. The maximum Gasteiger partial charge on any atom is 0.308 e. The van der Waals surface area contributed by atoms with Crippen LogP contribution in [0.3, 0.4) is 0 Å². The number of aromatic nitrogens is 2. The highest BCUT2D eigenvalue weighted by atomic mass is 32.1. The lowest BCUT2D eigenvalue weighted by Crippen LogP contribution is -2.23. The third kappa shape index (κ3) is 3.43. The van der Waals surface area contributed by atoms with Gasteiger partial charge in [-0.2, -0.15) is 0 Å². The summed E-state index contributed by atoms with van der Waals surface area (Å²) in [4.78, 5) is 24.1. The van der Waals surface area contributed by atoms with E-state index < -0.39 is 11.9 Å². The first kappa shape index (κ1) is 16.1. The predicted octanol–water partition coefficient (Wildman–Crippen LogP) is 2.71. The molecule has 122 valence electrons. The van der Waals surface area contributed by atoms with Crippen LogP contribution in [0.25, 0.3) is 0 Å². The first-order chi connectivity index (χ1) is 11.1. The van der Waals surface area contributed by atoms with Crippen LogP contribution < -0.4 is 0 Å². The van der Waals surface area contributed by atoms with Crippen molar-refractivity contribution in [1.29, 1.82) is 0 Å². The molecule has 1 aliphatic heterocycles. The zero-order valence-corrected chi connectivity index (χ0v) is 14.2. The minimum Gasteiger partial charge on any atom is -0.481 e. The fraction of sp³-hybridized carbons (Fsp3) is 0.471. The van der Waals surface area contributed by atoms with Crippen molar-refractivity contribution in [2.24, 2.45) is 5.92 Å². The van der Waals surface area contributed by atoms with Gasteiger partial charge in [-0.3, -0.25) is 14.7 Å². The Balaban J connectivity index is 1.79. The van der Waals surface area contributed by atoms with Crippen LogP contribution in [0.15, 0.2) is 24.4 Å². The van der Waals surface area contributed by atoms with Crippen molar-refractivity contribution in [3.63, 3.8) is 0 Å². The Hall–Kier alpha value is -1.79. The van der Waals surface area contributed by atoms with Gasteiger partial charge in [-0.25, -0.2) is 4.98 Å². The molecule has 0 bridgehead atoms. The van der Waals surface area contributed by atoms with E-state index in [0.29, 0.717) is 6.54 Å². The third-order valence-electron chi connectivity index (χ3n) is 4.37. The van der Waals surface area contributed by atoms with Gasteiger partial charge in [0, 0.05) is 42.3 Å². The van der Waals surface area contributed by atoms with Gasteiger partial charge in [-0.15, -0.1) is 11.3 Å². The highest BCUT2D eigenvalue weighted by Crippen LogP contribution is 2.33. The molecular formula is C17H21N3O2S. The second-order valence-corrected chi connectivity index (χ2v) is 7.24. The summed E-state index contributed by atoms with van der Waals surface area (Å²) in [7, 11) is 0. The van der Waals surface area contributed by atoms with E-state index in [4.69, 9.17) is 0 Å². The predicted molar refractivity (Wildman–Crippen MR) is 89.6 cm³/mol. The molecule has 1 aliphatic rings. The molecule has 2 aromatic rings. The van der Waals surface area contributed by atoms with E-state index in [9.17, 15) is 9.90 Å². The van der Waals surface area contributed by atoms with E-state index in [-0.39, 0.29) is 5.92 Å². The van der Waals surface area contributed by atoms with E-state index in [0.717, 1.165) is 35.9 Å². The largest absolute Gasteiger partial charge is 0.481 e. The van der Waals surface area contributed by atoms with Crippen LogP contribution in [-0.2, 0) is 17.8 Å². The summed E-state index contributed by atoms with van der Waals surface area (Å²) in [5.74, 6) is -1.18. The summed E-state index contributed by atoms with van der Waals surface area (Å²) in [6, 6.07) is 5.71. The number of thiazole rings is 1. The average Bonchev–Trinajstić information content (AvgIpc) is 3.12. The molecule has 3 rings (SSSR count). The molecule has 0 radical (unpaired) electrons. The molecule has 2 atom stereocenters. The van der Waals surface area contributed by atoms with Gasteiger partial charge in [-0.05, 0) is 25.5 Å². The first-order valence-corrected chi connectivity index (χ1v) is 8.71. The molecule has 0 aliphatic carbocycles. The number of pyridine rings is 1. The van der Waals surface area contributed by atoms with E-state index in [1.54, 1.807) is 17.5 Å². The highest BCUT2D eigenvalue weighted by Gasteiger charge is 2.39. The van der Waals surface area contributed by atoms with Gasteiger partial charge in [0.2, 0.25) is 0 Å². The summed E-state index contributed by atoms with van der Waals surface area (Å²) >= 11 is 1.72. The third-order valence-corrected chi connectivity index (χ3v) is 5.37. The summed E-state index contributed by atoms with van der Waals surface area (Å²) in [6.07, 6.45) is 2.65. The van der Waals surface area contributed by atoms with Gasteiger partial charge < -0.3 is 5.11 Å². The summed E-state index contributed by atoms with van der Waals surface area (Å²) in [5.41, 5.74) is 2.01. The Kier molecular flexibility index (Phi) is 4.73. The van der Waals surface area contributed by atoms with Crippen LogP contribution in [0.2, 0.25) is 0 Å². The fourth-order valence-electron chi connectivity index (χ4n) is 3.27. The molecule has 0 unspecified atom stereocenters. The molecule has 2 aromatic heterocycles. The van der Waals surface area contributed by atoms with Gasteiger partial charge in [-0.1, -0.05) is 13.0 Å². The Morgan fingerprint density at radius 3 is 2.91 bits per heavy atom. The molecule has 6 heteroatoms. The zero-order chi connectivity index (χ0) is 16.4. The number of carboxylic acid groups (broad SMARTS) is 1. The van der Waals surface area contributed by atoms with E-state index >= 15 is 0 Å². The molecule has 1 fully saturated rings. The lowest BCUT2D eigenvalue weighted by molar-refractivity contribution is -0.141. The van der Waals surface area contributed by atoms with Crippen molar-refractivity contribution < 1.29 is 9.90 Å². The van der Waals surface area contributed by atoms with E-state index in [1.165, 1.54) is 4.88 Å². The monoisotopic (exact) mass is 331 g/mol. The van der Waals surface area contributed by atoms with Crippen LogP contribution in [0.5, 0.6) is 0 Å². The molecule has 3 heterocycles. The number of aliphatic carboxylic acids is 1. The Labute approximate surface area is 140 Å². The minimum atomic E-state index is -0.737. The average molecular weight is 331 g/mol. The number of likely N-dealkylation sites (tertiary alicyclic amines) is 1. The second kappa shape index (κ2) is 6.76. The smallest absolute Gasteiger partial charge is 0.308 e. The van der Waals surface area contributed by atoms with Crippen molar-refractivity contribution in [2.45, 2.75) is 32.7 Å². The van der Waals surface area contributed by atoms with Crippen molar-refractivity contribution >= 4 is 17.3 Å². The van der Waals surface area contributed by atoms with Crippen molar-refractivity contribution in [2.75, 3.05) is 13.1 Å². The van der Waals surface area contributed by atoms with Gasteiger partial charge in [0.1, 0.15) is 0 Å². The summed E-state index contributed by atoms with van der Waals surface area (Å²) < 4.78 is 0. The van der Waals surface area contributed by atoms with Gasteiger partial charge in [0.25, 0.3) is 0 Å². The van der Waals surface area contributed by atoms with Crippen molar-refractivity contribution in [1.82, 2.24) is 14.9 Å². The SMILES string of the molecule is CCc1nc(C)sc1CN1C[C@H](C(=O)O)[C@@H](c2ccccn2)C1. The van der Waals surface area contributed by atoms with E-state index in [2.05, 4.69) is 21.8 Å². The lowest BCUT2D eigenvalue weighted by Gasteiger charge is -2.15. The first-order valence-electron chi connectivity index (χ1n) is 7.89. The van der Waals surface area contributed by atoms with Crippen molar-refractivity contribution in [3.05, 3.63) is 45.7 Å². The molecule has 0 aromatic carbocycles. The van der Waals surface area contributed by atoms with Crippen LogP contribution in [0.4, 0.5) is 0 Å². The Morgan fingerprint density at radius 1 is 1.43 bits per heavy atom. The normalized spacial score (nSPS) is 21.7. The van der Waals surface area contributed by atoms with Gasteiger partial charge in [0.15, 0.2) is 0 Å². The second-order valence-electron chi connectivity index (χ2n) is 5.96. The standard InChI is InChI=1S/C17H21N3O2S/c1-3-14-16(23-11(2)19-14)10-20-8-12(13(9-20)17(21)22)15-6-4-5-7-18-15/h4-7,12-13H,3,8-10H2,1-2H3,(H,21,22)/t12-,13-/m0/s1. The number of rotatable bonds is 5. The van der Waals surface area contributed by atoms with E-state index in [1.807, 2.05) is 25.1 Å². The highest BCUT2D eigenvalue weighted by molar-refractivity contribution is 7.11. The molecule has 23 heavy (non-hydrogen) atoms. The zero-order valence-electron chi connectivity index (χ0n) is 13.4. The molecule has 1 N–H and O–H groups in total. The van der Waals surface area contributed by atoms with Crippen LogP contribution >= 0.6 is 11.3 Å². The lowest BCUT2D eigenvalue weighted by atomic mass is 9.93. The topological polar surface area (TPSA) is 66.3 Å². The number of nitrogens with zero attached hydrogens (tertiary/aromatic N) is 3. The summed E-state index contributed by atoms with van der Waals surface area (Å²) in [6.45, 7) is 6.21. The molecule has 0 amide bonds. The van der Waals surface area contributed by atoms with Crippen LogP contribution in [0, 0.1) is 12.8 Å². The van der Waals surface area contributed by atoms with Crippen molar-refractivity contribution in [3.8, 4) is 0 Å². The molecule has 5 nitrogen and oxygen atoms in total. The Morgan fingerprint density at radius 2 is 2.26 bits per heavy atom. The fourth-order valence-corrected chi connectivity index (χ4v) is 4.34. The van der Waals surface area contributed by atoms with Crippen LogP contribution in [0.1, 0.15) is 34.1 Å². The number of carbonyl (C=O) groups is 1. The van der Waals surface area contributed by atoms with Gasteiger partial charge >= 0.3 is 5.97 Å². The maximum atomic E-state index is 11.6. The van der Waals surface area contributed by atoms with Gasteiger partial charge in [0.05, 0.1) is 16.6 Å². The molecule has 0 saturated carbocycles. The molecular weight excluding hydrogens is 310 g/mol. The number of aryl methyl sites for hydroxylation is 2. The quantitative estimate of drug-likeness (QED) is 0.912. The maximum absolute atomic E-state index is 11.6. The van der Waals surface area contributed by atoms with Crippen LogP contribution in [-0.4, -0.2) is 39.0 Å². The number of carboxylic acids is 1.